The van der Waals surface area contributed by atoms with E-state index in [1.807, 2.05) is 72.6 Å². The van der Waals surface area contributed by atoms with Gasteiger partial charge in [-0.25, -0.2) is 0 Å². The number of hydrogen-bond acceptors (Lipinski definition) is 5. The summed E-state index contributed by atoms with van der Waals surface area (Å²) in [7, 11) is 0. The Morgan fingerprint density at radius 2 is 1.56 bits per heavy atom. The monoisotopic (exact) mass is 588 g/mol. The number of fused-ring (bicyclic) bond motifs is 6. The molecule has 0 bridgehead atoms. The van der Waals surface area contributed by atoms with Gasteiger partial charge in [0, 0.05) is 28.0 Å². The van der Waals surface area contributed by atoms with Gasteiger partial charge < -0.3 is 15.0 Å². The zero-order valence-electron chi connectivity index (χ0n) is 23.5. The minimum atomic E-state index is -1.38. The van der Waals surface area contributed by atoms with Crippen LogP contribution in [-0.4, -0.2) is 35.0 Å². The van der Waals surface area contributed by atoms with E-state index < -0.39 is 23.4 Å². The van der Waals surface area contributed by atoms with E-state index in [1.165, 1.54) is 0 Å². The van der Waals surface area contributed by atoms with Crippen molar-refractivity contribution in [2.45, 2.75) is 30.8 Å². The Balaban J connectivity index is 1.47. The van der Waals surface area contributed by atoms with Crippen LogP contribution in [0.3, 0.4) is 0 Å². The first-order valence-electron chi connectivity index (χ1n) is 14.5. The molecule has 3 heterocycles. The van der Waals surface area contributed by atoms with Gasteiger partial charge in [0.05, 0.1) is 18.6 Å². The quantitative estimate of drug-likeness (QED) is 0.233. The molecular formula is C36H29ClN2O4. The van der Waals surface area contributed by atoms with Crippen LogP contribution < -0.4 is 10.1 Å². The summed E-state index contributed by atoms with van der Waals surface area (Å²) >= 11 is 6.17. The molecule has 7 rings (SSSR count). The molecule has 3 aliphatic rings. The molecule has 43 heavy (non-hydrogen) atoms. The lowest BCUT2D eigenvalue weighted by Crippen LogP contribution is -2.49. The number of carbonyl (C=O) groups excluding carboxylic acids is 3. The number of para-hydroxylation sites is 1. The van der Waals surface area contributed by atoms with Crippen molar-refractivity contribution < 1.29 is 19.1 Å². The van der Waals surface area contributed by atoms with E-state index in [0.717, 1.165) is 17.5 Å². The van der Waals surface area contributed by atoms with Crippen LogP contribution in [0.1, 0.15) is 56.8 Å². The standard InChI is InChI=1S/C36H29ClN2O4/c1-2-21-43-26-17-13-23(14-18-26)32(40)30-31(33(41)24-11-15-25(37)16-12-24)39-20-19-22-7-3-4-8-27(22)34(39)36(30)28-9-5-6-10-29(28)38-35(36)42/h3-20,30-31,34H,2,21H2,1H3,(H,38,42)/t30-,31+,34-,36-/m1/s1. The molecule has 7 heteroatoms. The SMILES string of the molecule is CCCOc1ccc(C(=O)[C@H]2[C@@H](C(=O)c3ccc(Cl)cc3)N3C=Cc4ccccc4[C@@H]3[C@]23C(=O)Nc2ccccc23)cc1. The molecule has 0 aromatic heterocycles. The highest BCUT2D eigenvalue weighted by Crippen LogP contribution is 2.62. The molecule has 6 nitrogen and oxygen atoms in total. The Bertz CT molecular complexity index is 1780. The molecular weight excluding hydrogens is 560 g/mol. The minimum Gasteiger partial charge on any atom is -0.494 e. The molecule has 1 amide bonds. The van der Waals surface area contributed by atoms with Gasteiger partial charge in [0.25, 0.3) is 0 Å². The zero-order chi connectivity index (χ0) is 29.7. The lowest BCUT2D eigenvalue weighted by Gasteiger charge is -2.38. The van der Waals surface area contributed by atoms with Crippen LogP contribution in [0, 0.1) is 5.92 Å². The van der Waals surface area contributed by atoms with Crippen molar-refractivity contribution in [3.63, 3.8) is 0 Å². The summed E-state index contributed by atoms with van der Waals surface area (Å²) in [6.45, 7) is 2.59. The van der Waals surface area contributed by atoms with E-state index in [-0.39, 0.29) is 17.5 Å². The van der Waals surface area contributed by atoms with E-state index in [9.17, 15) is 14.4 Å². The van der Waals surface area contributed by atoms with E-state index >= 15 is 0 Å². The Labute approximate surface area is 254 Å². The van der Waals surface area contributed by atoms with Crippen LogP contribution in [0.25, 0.3) is 6.08 Å². The summed E-state index contributed by atoms with van der Waals surface area (Å²) < 4.78 is 5.76. The lowest BCUT2D eigenvalue weighted by molar-refractivity contribution is -0.122. The van der Waals surface area contributed by atoms with Gasteiger partial charge in [-0.05, 0) is 83.8 Å². The third-order valence-electron chi connectivity index (χ3n) is 8.86. The second-order valence-electron chi connectivity index (χ2n) is 11.2. The smallest absolute Gasteiger partial charge is 0.238 e. The fraction of sp³-hybridized carbons (Fsp3) is 0.194. The van der Waals surface area contributed by atoms with Gasteiger partial charge in [-0.2, -0.15) is 0 Å². The van der Waals surface area contributed by atoms with Gasteiger partial charge in [-0.1, -0.05) is 61.0 Å². The molecule has 4 aromatic rings. The highest BCUT2D eigenvalue weighted by molar-refractivity contribution is 6.30. The van der Waals surface area contributed by atoms with Crippen molar-refractivity contribution in [3.8, 4) is 5.75 Å². The molecule has 0 aliphatic carbocycles. The predicted molar refractivity (Wildman–Crippen MR) is 166 cm³/mol. The highest BCUT2D eigenvalue weighted by Gasteiger charge is 2.70. The minimum absolute atomic E-state index is 0.249. The first-order valence-corrected chi connectivity index (χ1v) is 14.8. The van der Waals surface area contributed by atoms with E-state index in [2.05, 4.69) is 5.32 Å². The van der Waals surface area contributed by atoms with Gasteiger partial charge in [0.1, 0.15) is 17.2 Å². The number of amides is 1. The van der Waals surface area contributed by atoms with Crippen LogP contribution in [0.5, 0.6) is 5.75 Å². The number of halogens is 1. The van der Waals surface area contributed by atoms with Crippen molar-refractivity contribution in [1.29, 1.82) is 0 Å². The maximum absolute atomic E-state index is 14.9. The number of benzene rings is 4. The Hall–Kier alpha value is -4.68. The van der Waals surface area contributed by atoms with Crippen molar-refractivity contribution in [1.82, 2.24) is 4.90 Å². The third-order valence-corrected chi connectivity index (χ3v) is 9.11. The Morgan fingerprint density at radius 3 is 2.33 bits per heavy atom. The van der Waals surface area contributed by atoms with Crippen LogP contribution >= 0.6 is 11.6 Å². The zero-order valence-corrected chi connectivity index (χ0v) is 24.3. The maximum Gasteiger partial charge on any atom is 0.238 e. The van der Waals surface area contributed by atoms with Crippen molar-refractivity contribution in [3.05, 3.63) is 136 Å². The molecule has 0 radical (unpaired) electrons. The fourth-order valence-corrected chi connectivity index (χ4v) is 7.19. The van der Waals surface area contributed by atoms with Gasteiger partial charge >= 0.3 is 0 Å². The number of rotatable bonds is 7. The summed E-state index contributed by atoms with van der Waals surface area (Å²) in [4.78, 5) is 45.9. The fourth-order valence-electron chi connectivity index (χ4n) is 7.07. The summed E-state index contributed by atoms with van der Waals surface area (Å²) in [6.07, 6.45) is 4.68. The topological polar surface area (TPSA) is 75.7 Å². The van der Waals surface area contributed by atoms with E-state index in [4.69, 9.17) is 16.3 Å². The third kappa shape index (κ3) is 4.12. The molecule has 1 spiro atoms. The molecule has 4 atom stereocenters. The number of Topliss-reactive ketones (excluding diaryl/α,β-unsaturated/α-hetero) is 2. The predicted octanol–water partition coefficient (Wildman–Crippen LogP) is 7.11. The molecule has 1 N–H and O–H groups in total. The highest BCUT2D eigenvalue weighted by atomic mass is 35.5. The number of carbonyl (C=O) groups is 3. The second kappa shape index (κ2) is 10.5. The maximum atomic E-state index is 14.9. The van der Waals surface area contributed by atoms with Crippen LogP contribution in [0.4, 0.5) is 5.69 Å². The van der Waals surface area contributed by atoms with Gasteiger partial charge in [0.2, 0.25) is 5.91 Å². The lowest BCUT2D eigenvalue weighted by atomic mass is 9.62. The molecule has 0 unspecified atom stereocenters. The first kappa shape index (κ1) is 27.2. The molecule has 1 saturated heterocycles. The first-order chi connectivity index (χ1) is 20.9. The van der Waals surface area contributed by atoms with Crippen LogP contribution in [-0.2, 0) is 10.2 Å². The van der Waals surface area contributed by atoms with Crippen LogP contribution in [0.2, 0.25) is 5.02 Å². The molecule has 3 aliphatic heterocycles. The van der Waals surface area contributed by atoms with Crippen LogP contribution in [0.15, 0.2) is 103 Å². The normalized spacial score (nSPS) is 23.0. The number of ether oxygens (including phenoxy) is 1. The second-order valence-corrected chi connectivity index (χ2v) is 11.6. The van der Waals surface area contributed by atoms with Gasteiger partial charge in [0.15, 0.2) is 11.6 Å². The summed E-state index contributed by atoms with van der Waals surface area (Å²) in [5, 5.41) is 3.58. The number of anilines is 1. The average molecular weight is 589 g/mol. The summed E-state index contributed by atoms with van der Waals surface area (Å²) in [5.41, 5.74) is 2.67. The van der Waals surface area contributed by atoms with Crippen molar-refractivity contribution >= 4 is 40.8 Å². The molecule has 4 aromatic carbocycles. The van der Waals surface area contributed by atoms with Crippen molar-refractivity contribution in [2.24, 2.45) is 5.92 Å². The average Bonchev–Trinajstić information content (AvgIpc) is 3.52. The number of nitrogens with one attached hydrogen (secondary N) is 1. The van der Waals surface area contributed by atoms with E-state index in [0.29, 0.717) is 39.8 Å². The molecule has 1 fully saturated rings. The molecule has 214 valence electrons. The van der Waals surface area contributed by atoms with Gasteiger partial charge in [-0.3, -0.25) is 14.4 Å². The number of hydrogen-bond donors (Lipinski definition) is 1. The van der Waals surface area contributed by atoms with Crippen molar-refractivity contribution in [2.75, 3.05) is 11.9 Å². The van der Waals surface area contributed by atoms with Gasteiger partial charge in [-0.15, -0.1) is 0 Å². The Morgan fingerprint density at radius 1 is 0.884 bits per heavy atom. The molecule has 0 saturated carbocycles. The summed E-state index contributed by atoms with van der Waals surface area (Å²) in [6, 6.07) is 27.5. The number of ketones is 2. The largest absolute Gasteiger partial charge is 0.494 e. The number of nitrogens with zero attached hydrogens (tertiary/aromatic N) is 1. The Kier molecular flexibility index (Phi) is 6.66. The summed E-state index contributed by atoms with van der Waals surface area (Å²) in [5.74, 6) is -1.20. The van der Waals surface area contributed by atoms with E-state index in [1.54, 1.807) is 48.5 Å².